The molecular formula is C17H21ClN2. The molecule has 0 fully saturated rings. The average Bonchev–Trinajstić information content (AvgIpc) is 2.50. The van der Waals surface area contributed by atoms with Crippen LogP contribution in [-0.2, 0) is 6.42 Å². The van der Waals surface area contributed by atoms with Crippen LogP contribution in [0, 0.1) is 0 Å². The summed E-state index contributed by atoms with van der Waals surface area (Å²) in [5.74, 6) is 6.16. The molecule has 20 heavy (non-hydrogen) atoms. The largest absolute Gasteiger partial charge is 0.271 e. The van der Waals surface area contributed by atoms with E-state index in [1.165, 1.54) is 5.56 Å². The Morgan fingerprint density at radius 1 is 1.05 bits per heavy atom. The molecule has 2 aromatic carbocycles. The minimum absolute atomic E-state index is 0.169. The highest BCUT2D eigenvalue weighted by Crippen LogP contribution is 2.27. The van der Waals surface area contributed by atoms with E-state index in [1.54, 1.807) is 0 Å². The highest BCUT2D eigenvalue weighted by Gasteiger charge is 2.21. The highest BCUT2D eigenvalue weighted by molar-refractivity contribution is 6.31. The summed E-state index contributed by atoms with van der Waals surface area (Å²) in [6.45, 7) is 2.19. The zero-order valence-electron chi connectivity index (χ0n) is 11.7. The Morgan fingerprint density at radius 3 is 2.30 bits per heavy atom. The Morgan fingerprint density at radius 2 is 1.70 bits per heavy atom. The van der Waals surface area contributed by atoms with Crippen LogP contribution in [0.4, 0.5) is 0 Å². The van der Waals surface area contributed by atoms with Gasteiger partial charge in [-0.2, -0.15) is 0 Å². The minimum Gasteiger partial charge on any atom is -0.271 e. The van der Waals surface area contributed by atoms with Crippen molar-refractivity contribution in [1.29, 1.82) is 0 Å². The Hall–Kier alpha value is -1.35. The Balaban J connectivity index is 2.20. The van der Waals surface area contributed by atoms with Crippen molar-refractivity contribution in [2.24, 2.45) is 5.84 Å². The van der Waals surface area contributed by atoms with E-state index in [0.29, 0.717) is 5.92 Å². The van der Waals surface area contributed by atoms with Crippen molar-refractivity contribution >= 4 is 11.6 Å². The van der Waals surface area contributed by atoms with Gasteiger partial charge in [-0.05, 0) is 30.0 Å². The van der Waals surface area contributed by atoms with Gasteiger partial charge in [-0.25, -0.2) is 0 Å². The van der Waals surface area contributed by atoms with Crippen LogP contribution >= 0.6 is 11.6 Å². The van der Waals surface area contributed by atoms with Gasteiger partial charge in [0.1, 0.15) is 0 Å². The van der Waals surface area contributed by atoms with Gasteiger partial charge < -0.3 is 0 Å². The maximum Gasteiger partial charge on any atom is 0.0438 e. The van der Waals surface area contributed by atoms with Crippen LogP contribution in [0.2, 0.25) is 5.02 Å². The minimum atomic E-state index is 0.169. The van der Waals surface area contributed by atoms with E-state index in [9.17, 15) is 0 Å². The van der Waals surface area contributed by atoms with Crippen molar-refractivity contribution in [3.8, 4) is 0 Å². The van der Waals surface area contributed by atoms with Crippen LogP contribution < -0.4 is 11.3 Å². The normalized spacial score (nSPS) is 13.9. The second-order valence-corrected chi connectivity index (χ2v) is 5.40. The van der Waals surface area contributed by atoms with Crippen molar-refractivity contribution in [1.82, 2.24) is 5.43 Å². The Kier molecular flexibility index (Phi) is 5.60. The maximum absolute atomic E-state index is 6.25. The summed E-state index contributed by atoms with van der Waals surface area (Å²) in [4.78, 5) is 0. The van der Waals surface area contributed by atoms with Gasteiger partial charge in [-0.15, -0.1) is 0 Å². The fourth-order valence-corrected chi connectivity index (χ4v) is 2.88. The van der Waals surface area contributed by atoms with Crippen LogP contribution in [-0.4, -0.2) is 6.04 Å². The summed E-state index contributed by atoms with van der Waals surface area (Å²) in [5.41, 5.74) is 5.41. The Labute approximate surface area is 125 Å². The zero-order valence-corrected chi connectivity index (χ0v) is 12.5. The van der Waals surface area contributed by atoms with Gasteiger partial charge >= 0.3 is 0 Å². The molecule has 0 aliphatic rings. The molecule has 0 bridgehead atoms. The molecule has 0 amide bonds. The number of benzene rings is 2. The summed E-state index contributed by atoms with van der Waals surface area (Å²) in [6.07, 6.45) is 1.85. The van der Waals surface area contributed by atoms with Crippen molar-refractivity contribution in [2.75, 3.05) is 0 Å². The van der Waals surface area contributed by atoms with Gasteiger partial charge in [0, 0.05) is 17.0 Å². The van der Waals surface area contributed by atoms with Crippen LogP contribution in [0.25, 0.3) is 0 Å². The molecular weight excluding hydrogens is 268 g/mol. The zero-order chi connectivity index (χ0) is 14.4. The molecule has 0 spiro atoms. The van der Waals surface area contributed by atoms with Gasteiger partial charge in [-0.3, -0.25) is 11.3 Å². The number of hydrogen-bond donors (Lipinski definition) is 2. The molecule has 3 N–H and O–H groups in total. The van der Waals surface area contributed by atoms with Crippen LogP contribution in [0.1, 0.15) is 30.4 Å². The van der Waals surface area contributed by atoms with Crippen molar-refractivity contribution < 1.29 is 0 Å². The van der Waals surface area contributed by atoms with Crippen LogP contribution in [0.3, 0.4) is 0 Å². The molecule has 2 aromatic rings. The molecule has 0 radical (unpaired) electrons. The summed E-state index contributed by atoms with van der Waals surface area (Å²) in [6, 6.07) is 18.6. The first kappa shape index (κ1) is 15.0. The summed E-state index contributed by atoms with van der Waals surface area (Å²) >= 11 is 6.25. The maximum atomic E-state index is 6.25. The summed E-state index contributed by atoms with van der Waals surface area (Å²) in [7, 11) is 0. The van der Waals surface area contributed by atoms with E-state index in [1.807, 2.05) is 24.3 Å². The molecule has 0 saturated heterocycles. The van der Waals surface area contributed by atoms with E-state index in [0.717, 1.165) is 23.4 Å². The van der Waals surface area contributed by atoms with Gasteiger partial charge in [0.25, 0.3) is 0 Å². The molecule has 0 heterocycles. The van der Waals surface area contributed by atoms with Crippen LogP contribution in [0.5, 0.6) is 0 Å². The van der Waals surface area contributed by atoms with E-state index >= 15 is 0 Å². The molecule has 106 valence electrons. The number of hydrogen-bond acceptors (Lipinski definition) is 2. The van der Waals surface area contributed by atoms with Gasteiger partial charge in [-0.1, -0.05) is 67.1 Å². The molecule has 0 saturated carbocycles. The molecule has 0 aliphatic carbocycles. The lowest BCUT2D eigenvalue weighted by Gasteiger charge is -2.26. The summed E-state index contributed by atoms with van der Waals surface area (Å²) < 4.78 is 0. The van der Waals surface area contributed by atoms with E-state index in [4.69, 9.17) is 17.4 Å². The predicted molar refractivity (Wildman–Crippen MR) is 85.7 cm³/mol. The monoisotopic (exact) mass is 288 g/mol. The first-order valence-electron chi connectivity index (χ1n) is 7.00. The topological polar surface area (TPSA) is 38.0 Å². The molecule has 2 rings (SSSR count). The number of halogens is 1. The fourth-order valence-electron chi connectivity index (χ4n) is 2.67. The molecule has 3 heteroatoms. The van der Waals surface area contributed by atoms with Crippen molar-refractivity contribution in [3.05, 3.63) is 70.7 Å². The SMILES string of the molecule is CCC(c1ccccc1)C(Cc1ccccc1Cl)NN. The van der Waals surface area contributed by atoms with Gasteiger partial charge in [0.05, 0.1) is 0 Å². The second-order valence-electron chi connectivity index (χ2n) is 4.99. The molecule has 2 nitrogen and oxygen atoms in total. The number of nitrogens with one attached hydrogen (secondary N) is 1. The lowest BCUT2D eigenvalue weighted by molar-refractivity contribution is 0.427. The molecule has 2 atom stereocenters. The Bertz CT molecular complexity index is 528. The number of rotatable bonds is 6. The van der Waals surface area contributed by atoms with Crippen LogP contribution in [0.15, 0.2) is 54.6 Å². The molecule has 2 unspecified atom stereocenters. The first-order chi connectivity index (χ1) is 9.76. The lowest BCUT2D eigenvalue weighted by Crippen LogP contribution is -2.41. The van der Waals surface area contributed by atoms with E-state index in [-0.39, 0.29) is 6.04 Å². The van der Waals surface area contributed by atoms with E-state index in [2.05, 4.69) is 42.7 Å². The van der Waals surface area contributed by atoms with Gasteiger partial charge in [0.2, 0.25) is 0 Å². The fraction of sp³-hybridized carbons (Fsp3) is 0.294. The van der Waals surface area contributed by atoms with Crippen molar-refractivity contribution in [2.45, 2.75) is 31.7 Å². The number of hydrazine groups is 1. The highest BCUT2D eigenvalue weighted by atomic mass is 35.5. The van der Waals surface area contributed by atoms with Crippen molar-refractivity contribution in [3.63, 3.8) is 0 Å². The number of nitrogens with two attached hydrogens (primary N) is 1. The van der Waals surface area contributed by atoms with E-state index < -0.39 is 0 Å². The third kappa shape index (κ3) is 3.60. The molecule has 0 aromatic heterocycles. The summed E-state index contributed by atoms with van der Waals surface area (Å²) in [5, 5.41) is 0.802. The third-order valence-corrected chi connectivity index (χ3v) is 4.13. The predicted octanol–water partition coefficient (Wildman–Crippen LogP) is 3.91. The second kappa shape index (κ2) is 7.44. The smallest absolute Gasteiger partial charge is 0.0438 e. The molecule has 0 aliphatic heterocycles. The van der Waals surface area contributed by atoms with Gasteiger partial charge in [0.15, 0.2) is 0 Å². The third-order valence-electron chi connectivity index (χ3n) is 3.76. The first-order valence-corrected chi connectivity index (χ1v) is 7.38. The quantitative estimate of drug-likeness (QED) is 0.625. The average molecular weight is 289 g/mol. The lowest BCUT2D eigenvalue weighted by atomic mass is 9.86. The standard InChI is InChI=1S/C17H21ClN2/c1-2-15(13-8-4-3-5-9-13)17(20-19)12-14-10-6-7-11-16(14)18/h3-11,15,17,20H,2,12,19H2,1H3.